The van der Waals surface area contributed by atoms with Crippen molar-refractivity contribution in [1.29, 1.82) is 0 Å². The molecule has 0 atom stereocenters. The molecule has 0 bridgehead atoms. The number of hydrogen-bond donors (Lipinski definition) is 2. The van der Waals surface area contributed by atoms with Gasteiger partial charge in [-0.05, 0) is 35.7 Å². The molecule has 3 rings (SSSR count). The van der Waals surface area contributed by atoms with Gasteiger partial charge in [0.2, 0.25) is 0 Å². The summed E-state index contributed by atoms with van der Waals surface area (Å²) in [5, 5.41) is 5.73. The van der Waals surface area contributed by atoms with Crippen LogP contribution in [-0.2, 0) is 0 Å². The van der Waals surface area contributed by atoms with Crippen LogP contribution in [0.4, 0.5) is 11.5 Å². The number of nitrogens with one attached hydrogen (secondary N) is 1. The van der Waals surface area contributed by atoms with Crippen LogP contribution in [0.25, 0.3) is 10.8 Å². The molecule has 0 saturated heterocycles. The Morgan fingerprint density at radius 2 is 2.00 bits per heavy atom. The van der Waals surface area contributed by atoms with Crippen molar-refractivity contribution in [3.63, 3.8) is 0 Å². The zero-order chi connectivity index (χ0) is 14.8. The summed E-state index contributed by atoms with van der Waals surface area (Å²) in [4.78, 5) is 19.3. The van der Waals surface area contributed by atoms with Crippen LogP contribution in [0.3, 0.4) is 0 Å². The van der Waals surface area contributed by atoms with Crippen molar-refractivity contribution in [3.05, 3.63) is 59.5 Å². The Kier molecular flexibility index (Phi) is 3.41. The maximum absolute atomic E-state index is 11.0. The smallest absolute Gasteiger partial charge is 0.267 e. The van der Waals surface area contributed by atoms with Crippen molar-refractivity contribution in [2.24, 2.45) is 5.73 Å². The normalized spacial score (nSPS) is 10.5. The second-order valence-corrected chi connectivity index (χ2v) is 4.88. The first kappa shape index (κ1) is 13.3. The van der Waals surface area contributed by atoms with E-state index in [1.165, 1.54) is 6.20 Å². The predicted molar refractivity (Wildman–Crippen MR) is 82.8 cm³/mol. The lowest BCUT2D eigenvalue weighted by atomic mass is 10.1. The van der Waals surface area contributed by atoms with Gasteiger partial charge in [-0.15, -0.1) is 0 Å². The van der Waals surface area contributed by atoms with E-state index >= 15 is 0 Å². The number of benzene rings is 1. The minimum Gasteiger partial charge on any atom is -0.364 e. The Bertz CT molecular complexity index is 818. The Hall–Kier alpha value is -2.66. The first-order valence-electron chi connectivity index (χ1n) is 6.20. The number of amides is 1. The lowest BCUT2D eigenvalue weighted by molar-refractivity contribution is 0.0995. The van der Waals surface area contributed by atoms with E-state index in [-0.39, 0.29) is 5.69 Å². The Morgan fingerprint density at radius 1 is 1.14 bits per heavy atom. The first-order valence-corrected chi connectivity index (χ1v) is 6.58. The van der Waals surface area contributed by atoms with Gasteiger partial charge in [0.05, 0.1) is 11.9 Å². The summed E-state index contributed by atoms with van der Waals surface area (Å²) < 4.78 is 0. The van der Waals surface area contributed by atoms with Crippen LogP contribution in [0.5, 0.6) is 0 Å². The molecule has 0 radical (unpaired) electrons. The highest BCUT2D eigenvalue weighted by Gasteiger charge is 2.05. The number of fused-ring (bicyclic) bond motifs is 1. The number of anilines is 2. The van der Waals surface area contributed by atoms with Gasteiger partial charge in [0.15, 0.2) is 0 Å². The van der Waals surface area contributed by atoms with Gasteiger partial charge in [0.25, 0.3) is 5.91 Å². The van der Waals surface area contributed by atoms with Gasteiger partial charge in [0.1, 0.15) is 11.5 Å². The van der Waals surface area contributed by atoms with Gasteiger partial charge < -0.3 is 11.1 Å². The number of hydrogen-bond acceptors (Lipinski definition) is 4. The summed E-state index contributed by atoms with van der Waals surface area (Å²) in [5.41, 5.74) is 6.08. The zero-order valence-corrected chi connectivity index (χ0v) is 11.6. The fourth-order valence-corrected chi connectivity index (χ4v) is 2.16. The van der Waals surface area contributed by atoms with E-state index in [1.807, 2.05) is 24.3 Å². The summed E-state index contributed by atoms with van der Waals surface area (Å²) in [7, 11) is 0. The van der Waals surface area contributed by atoms with E-state index in [0.717, 1.165) is 10.8 Å². The summed E-state index contributed by atoms with van der Waals surface area (Å²) in [6.45, 7) is 0. The Morgan fingerprint density at radius 3 is 2.71 bits per heavy atom. The van der Waals surface area contributed by atoms with Gasteiger partial charge in [0, 0.05) is 16.6 Å². The topological polar surface area (TPSA) is 80.9 Å². The van der Waals surface area contributed by atoms with Crippen molar-refractivity contribution in [2.45, 2.75) is 0 Å². The van der Waals surface area contributed by atoms with Crippen molar-refractivity contribution < 1.29 is 4.79 Å². The molecule has 6 heteroatoms. The van der Waals surface area contributed by atoms with Gasteiger partial charge in [-0.25, -0.2) is 9.97 Å². The molecule has 0 aliphatic carbocycles. The van der Waals surface area contributed by atoms with Crippen LogP contribution in [0.15, 0.2) is 48.8 Å². The van der Waals surface area contributed by atoms with Crippen molar-refractivity contribution in [2.75, 3.05) is 5.32 Å². The number of primary amides is 1. The second kappa shape index (κ2) is 5.38. The average Bonchev–Trinajstić information content (AvgIpc) is 2.48. The van der Waals surface area contributed by atoms with E-state index in [0.29, 0.717) is 16.5 Å². The van der Waals surface area contributed by atoms with Crippen LogP contribution in [0.1, 0.15) is 10.5 Å². The molecule has 1 amide bonds. The fourth-order valence-electron chi connectivity index (χ4n) is 1.99. The minimum absolute atomic E-state index is 0.217. The standard InChI is InChI=1S/C15H11ClN4O/c16-10-2-1-9-5-6-18-15(12(9)7-10)20-11-3-4-13(14(17)21)19-8-11/h1-8H,(H2,17,21)(H,18,20). The number of carbonyl (C=O) groups excluding carboxylic acids is 1. The van der Waals surface area contributed by atoms with Crippen LogP contribution < -0.4 is 11.1 Å². The number of carbonyl (C=O) groups is 1. The molecule has 0 unspecified atom stereocenters. The number of pyridine rings is 2. The zero-order valence-electron chi connectivity index (χ0n) is 10.9. The third-order valence-corrected chi connectivity index (χ3v) is 3.24. The van der Waals surface area contributed by atoms with Crippen molar-refractivity contribution in [3.8, 4) is 0 Å². The number of aromatic nitrogens is 2. The summed E-state index contributed by atoms with van der Waals surface area (Å²) in [6.07, 6.45) is 3.24. The highest BCUT2D eigenvalue weighted by molar-refractivity contribution is 6.31. The van der Waals surface area contributed by atoms with Crippen LogP contribution in [0, 0.1) is 0 Å². The third-order valence-electron chi connectivity index (χ3n) is 3.01. The molecule has 5 nitrogen and oxygen atoms in total. The summed E-state index contributed by atoms with van der Waals surface area (Å²) in [6, 6.07) is 10.8. The molecular formula is C15H11ClN4O. The van der Waals surface area contributed by atoms with Crippen LogP contribution in [-0.4, -0.2) is 15.9 Å². The Labute approximate surface area is 125 Å². The van der Waals surface area contributed by atoms with Crippen molar-refractivity contribution >= 4 is 39.8 Å². The molecule has 0 aliphatic heterocycles. The molecule has 0 fully saturated rings. The first-order chi connectivity index (χ1) is 10.1. The van der Waals surface area contributed by atoms with Crippen LogP contribution >= 0.6 is 11.6 Å². The second-order valence-electron chi connectivity index (χ2n) is 4.45. The fraction of sp³-hybridized carbons (Fsp3) is 0. The van der Waals surface area contributed by atoms with E-state index in [9.17, 15) is 4.79 Å². The lowest BCUT2D eigenvalue weighted by Crippen LogP contribution is -2.12. The molecule has 0 aliphatic rings. The highest BCUT2D eigenvalue weighted by atomic mass is 35.5. The number of rotatable bonds is 3. The SMILES string of the molecule is NC(=O)c1ccc(Nc2nccc3ccc(Cl)cc23)cn1. The predicted octanol–water partition coefficient (Wildman–Crippen LogP) is 3.13. The molecule has 21 heavy (non-hydrogen) atoms. The molecular weight excluding hydrogens is 288 g/mol. The number of halogens is 1. The monoisotopic (exact) mass is 298 g/mol. The van der Waals surface area contributed by atoms with Crippen molar-refractivity contribution in [1.82, 2.24) is 9.97 Å². The number of nitrogens with two attached hydrogens (primary N) is 1. The van der Waals surface area contributed by atoms with E-state index < -0.39 is 5.91 Å². The quantitative estimate of drug-likeness (QED) is 0.778. The molecule has 1 aromatic carbocycles. The molecule has 2 heterocycles. The van der Waals surface area contributed by atoms with Gasteiger partial charge in [-0.1, -0.05) is 17.7 Å². The van der Waals surface area contributed by atoms with E-state index in [2.05, 4.69) is 15.3 Å². The molecule has 3 N–H and O–H groups in total. The summed E-state index contributed by atoms with van der Waals surface area (Å²) >= 11 is 6.03. The highest BCUT2D eigenvalue weighted by Crippen LogP contribution is 2.26. The number of nitrogens with zero attached hydrogens (tertiary/aromatic N) is 2. The maximum atomic E-state index is 11.0. The molecule has 2 aromatic heterocycles. The van der Waals surface area contributed by atoms with Gasteiger partial charge in [-0.3, -0.25) is 4.79 Å². The third kappa shape index (κ3) is 2.78. The van der Waals surface area contributed by atoms with Crippen LogP contribution in [0.2, 0.25) is 5.02 Å². The lowest BCUT2D eigenvalue weighted by Gasteiger charge is -2.09. The van der Waals surface area contributed by atoms with E-state index in [1.54, 1.807) is 18.3 Å². The van der Waals surface area contributed by atoms with E-state index in [4.69, 9.17) is 17.3 Å². The largest absolute Gasteiger partial charge is 0.364 e. The van der Waals surface area contributed by atoms with Gasteiger partial charge in [-0.2, -0.15) is 0 Å². The molecule has 3 aromatic rings. The molecule has 0 spiro atoms. The molecule has 104 valence electrons. The maximum Gasteiger partial charge on any atom is 0.267 e. The Balaban J connectivity index is 1.97. The summed E-state index contributed by atoms with van der Waals surface area (Å²) in [5.74, 6) is 0.111. The van der Waals surface area contributed by atoms with Gasteiger partial charge >= 0.3 is 0 Å². The molecule has 0 saturated carbocycles. The average molecular weight is 299 g/mol. The minimum atomic E-state index is -0.559.